The van der Waals surface area contributed by atoms with Crippen molar-refractivity contribution < 1.29 is 4.79 Å². The number of aryl methyl sites for hydroxylation is 1. The number of amides is 1. The van der Waals surface area contributed by atoms with Gasteiger partial charge in [0.2, 0.25) is 5.91 Å². The minimum atomic E-state index is -0.0139. The molecule has 0 radical (unpaired) electrons. The maximum atomic E-state index is 12.9. The molecular formula is C21H25N5OS. The molecule has 4 rings (SSSR count). The highest BCUT2D eigenvalue weighted by atomic mass is 32.1. The van der Waals surface area contributed by atoms with Gasteiger partial charge in [-0.3, -0.25) is 14.8 Å². The van der Waals surface area contributed by atoms with Gasteiger partial charge in [0.25, 0.3) is 0 Å². The summed E-state index contributed by atoms with van der Waals surface area (Å²) in [6.07, 6.45) is 1.42. The molecule has 2 aromatic heterocycles. The van der Waals surface area contributed by atoms with Crippen molar-refractivity contribution in [2.75, 3.05) is 19.6 Å². The fraction of sp³-hybridized carbons (Fsp3) is 0.381. The first-order valence-corrected chi connectivity index (χ1v) is 10.5. The number of hydrogen-bond donors (Lipinski definition) is 1. The summed E-state index contributed by atoms with van der Waals surface area (Å²) in [7, 11) is 0. The molecule has 1 saturated heterocycles. The van der Waals surface area contributed by atoms with E-state index in [-0.39, 0.29) is 11.9 Å². The van der Waals surface area contributed by atoms with Crippen LogP contribution in [0.5, 0.6) is 0 Å². The van der Waals surface area contributed by atoms with Gasteiger partial charge in [-0.05, 0) is 30.4 Å². The number of nitrogens with zero attached hydrogens (tertiary/aromatic N) is 4. The molecule has 6 nitrogen and oxygen atoms in total. The van der Waals surface area contributed by atoms with Gasteiger partial charge in [0.1, 0.15) is 5.82 Å². The van der Waals surface area contributed by atoms with Crippen LogP contribution in [0.25, 0.3) is 0 Å². The molecule has 1 unspecified atom stereocenters. The Hall–Kier alpha value is -2.51. The van der Waals surface area contributed by atoms with Gasteiger partial charge in [0.15, 0.2) is 5.82 Å². The number of benzene rings is 1. The molecule has 1 atom stereocenters. The maximum Gasteiger partial charge on any atom is 0.227 e. The Labute approximate surface area is 169 Å². The van der Waals surface area contributed by atoms with Gasteiger partial charge in [-0.2, -0.15) is 5.10 Å². The first-order valence-electron chi connectivity index (χ1n) is 9.66. The van der Waals surface area contributed by atoms with Crippen molar-refractivity contribution in [2.24, 2.45) is 0 Å². The Kier molecular flexibility index (Phi) is 5.83. The Balaban J connectivity index is 1.55. The summed E-state index contributed by atoms with van der Waals surface area (Å²) < 4.78 is 0. The van der Waals surface area contributed by atoms with E-state index < -0.39 is 0 Å². The van der Waals surface area contributed by atoms with Gasteiger partial charge in [-0.25, -0.2) is 4.98 Å². The summed E-state index contributed by atoms with van der Waals surface area (Å²) in [5.41, 5.74) is 1.26. The van der Waals surface area contributed by atoms with Crippen molar-refractivity contribution in [2.45, 2.75) is 32.4 Å². The first kappa shape index (κ1) is 18.8. The lowest BCUT2D eigenvalue weighted by Crippen LogP contribution is -2.38. The summed E-state index contributed by atoms with van der Waals surface area (Å²) in [6, 6.07) is 14.5. The monoisotopic (exact) mass is 395 g/mol. The molecule has 1 N–H and O–H groups in total. The van der Waals surface area contributed by atoms with Crippen LogP contribution in [0, 0.1) is 6.92 Å². The van der Waals surface area contributed by atoms with E-state index in [4.69, 9.17) is 0 Å². The Bertz CT molecular complexity index is 893. The van der Waals surface area contributed by atoms with Crippen molar-refractivity contribution >= 4 is 17.2 Å². The number of nitrogens with one attached hydrogen (secondary N) is 1. The summed E-state index contributed by atoms with van der Waals surface area (Å²) >= 11 is 1.64. The van der Waals surface area contributed by atoms with Gasteiger partial charge in [0.05, 0.1) is 12.5 Å². The van der Waals surface area contributed by atoms with Crippen LogP contribution >= 0.6 is 11.3 Å². The van der Waals surface area contributed by atoms with Crippen LogP contribution in [0.1, 0.15) is 34.6 Å². The largest absolute Gasteiger partial charge is 0.340 e. The third kappa shape index (κ3) is 4.48. The van der Waals surface area contributed by atoms with E-state index in [1.54, 1.807) is 11.3 Å². The SMILES string of the molecule is Cc1nc(C2CN(C(=O)Cc3cccs3)CCCN2Cc2ccccc2)n[nH]1. The predicted octanol–water partition coefficient (Wildman–Crippen LogP) is 3.19. The molecule has 28 heavy (non-hydrogen) atoms. The standard InChI is InChI=1S/C21H25N5OS/c1-16-22-21(24-23-16)19-15-26(20(27)13-18-9-5-12-28-18)11-6-10-25(19)14-17-7-3-2-4-8-17/h2-5,7-9,12,19H,6,10-11,13-15H2,1H3,(H,22,23,24). The zero-order valence-electron chi connectivity index (χ0n) is 16.0. The molecule has 1 aromatic carbocycles. The van der Waals surface area contributed by atoms with Crippen molar-refractivity contribution in [3.05, 3.63) is 69.9 Å². The number of carbonyl (C=O) groups is 1. The Morgan fingerprint density at radius 2 is 2.07 bits per heavy atom. The minimum Gasteiger partial charge on any atom is -0.340 e. The molecule has 7 heteroatoms. The summed E-state index contributed by atoms with van der Waals surface area (Å²) in [4.78, 5) is 23.0. The van der Waals surface area contributed by atoms with Crippen molar-refractivity contribution in [3.8, 4) is 0 Å². The smallest absolute Gasteiger partial charge is 0.227 e. The highest BCUT2D eigenvalue weighted by Gasteiger charge is 2.31. The number of hydrogen-bond acceptors (Lipinski definition) is 5. The second-order valence-electron chi connectivity index (χ2n) is 7.20. The fourth-order valence-electron chi connectivity index (χ4n) is 3.70. The second kappa shape index (κ2) is 8.67. The average molecular weight is 396 g/mol. The summed E-state index contributed by atoms with van der Waals surface area (Å²) in [5, 5.41) is 9.41. The molecule has 1 aliphatic rings. The molecule has 0 spiro atoms. The fourth-order valence-corrected chi connectivity index (χ4v) is 4.39. The molecule has 0 aliphatic carbocycles. The third-order valence-corrected chi connectivity index (χ3v) is 5.98. The normalized spacial score (nSPS) is 18.2. The average Bonchev–Trinajstić information content (AvgIpc) is 3.31. The highest BCUT2D eigenvalue weighted by molar-refractivity contribution is 7.10. The van der Waals surface area contributed by atoms with Gasteiger partial charge in [-0.15, -0.1) is 11.3 Å². The molecule has 146 valence electrons. The van der Waals surface area contributed by atoms with Crippen LogP contribution in [-0.2, 0) is 17.8 Å². The van der Waals surface area contributed by atoms with Gasteiger partial charge >= 0.3 is 0 Å². The van der Waals surface area contributed by atoms with Crippen LogP contribution in [0.4, 0.5) is 0 Å². The number of carbonyl (C=O) groups excluding carboxylic acids is 1. The van der Waals surface area contributed by atoms with E-state index in [1.807, 2.05) is 35.4 Å². The van der Waals surface area contributed by atoms with Crippen LogP contribution in [0.2, 0.25) is 0 Å². The van der Waals surface area contributed by atoms with Crippen LogP contribution in [-0.4, -0.2) is 50.5 Å². The van der Waals surface area contributed by atoms with Crippen LogP contribution < -0.4 is 0 Å². The quantitative estimate of drug-likeness (QED) is 0.721. The number of rotatable bonds is 5. The lowest BCUT2D eigenvalue weighted by atomic mass is 10.1. The maximum absolute atomic E-state index is 12.9. The minimum absolute atomic E-state index is 0.0139. The van der Waals surface area contributed by atoms with E-state index in [2.05, 4.69) is 44.3 Å². The molecule has 3 aromatic rings. The number of H-pyrrole nitrogens is 1. The van der Waals surface area contributed by atoms with E-state index in [0.29, 0.717) is 13.0 Å². The van der Waals surface area contributed by atoms with Gasteiger partial charge < -0.3 is 4.90 Å². The zero-order valence-corrected chi connectivity index (χ0v) is 16.9. The molecule has 3 heterocycles. The van der Waals surface area contributed by atoms with Crippen molar-refractivity contribution in [1.82, 2.24) is 25.0 Å². The van der Waals surface area contributed by atoms with Gasteiger partial charge in [0, 0.05) is 31.1 Å². The van der Waals surface area contributed by atoms with E-state index >= 15 is 0 Å². The number of thiophene rings is 1. The molecule has 1 amide bonds. The topological polar surface area (TPSA) is 65.1 Å². The highest BCUT2D eigenvalue weighted by Crippen LogP contribution is 2.25. The first-order chi connectivity index (χ1) is 13.7. The summed E-state index contributed by atoms with van der Waals surface area (Å²) in [6.45, 7) is 5.04. The summed E-state index contributed by atoms with van der Waals surface area (Å²) in [5.74, 6) is 1.75. The molecule has 1 fully saturated rings. The van der Waals surface area contributed by atoms with E-state index in [9.17, 15) is 4.79 Å². The molecule has 0 saturated carbocycles. The Morgan fingerprint density at radius 1 is 1.21 bits per heavy atom. The Morgan fingerprint density at radius 3 is 2.79 bits per heavy atom. The van der Waals surface area contributed by atoms with Crippen molar-refractivity contribution in [1.29, 1.82) is 0 Å². The van der Waals surface area contributed by atoms with Crippen LogP contribution in [0.3, 0.4) is 0 Å². The number of aromatic amines is 1. The number of aromatic nitrogens is 3. The molecular weight excluding hydrogens is 370 g/mol. The van der Waals surface area contributed by atoms with Crippen LogP contribution in [0.15, 0.2) is 47.8 Å². The lowest BCUT2D eigenvalue weighted by molar-refractivity contribution is -0.130. The second-order valence-corrected chi connectivity index (χ2v) is 8.23. The predicted molar refractivity (Wildman–Crippen MR) is 110 cm³/mol. The van der Waals surface area contributed by atoms with E-state index in [0.717, 1.165) is 42.6 Å². The van der Waals surface area contributed by atoms with Gasteiger partial charge in [-0.1, -0.05) is 36.4 Å². The third-order valence-electron chi connectivity index (χ3n) is 5.11. The van der Waals surface area contributed by atoms with E-state index in [1.165, 1.54) is 5.56 Å². The van der Waals surface area contributed by atoms with Crippen molar-refractivity contribution in [3.63, 3.8) is 0 Å². The zero-order chi connectivity index (χ0) is 19.3. The molecule has 0 bridgehead atoms. The molecule has 1 aliphatic heterocycles. The lowest BCUT2D eigenvalue weighted by Gasteiger charge is -2.30.